The summed E-state index contributed by atoms with van der Waals surface area (Å²) < 4.78 is 0. The molecular weight excluding hydrogens is 214 g/mol. The number of nitriles is 1. The number of nitrogens with two attached hydrogens (primary N) is 1. The Labute approximate surface area is 102 Å². The molecule has 1 aromatic heterocycles. The summed E-state index contributed by atoms with van der Waals surface area (Å²) in [5.41, 5.74) is 6.72. The average molecular weight is 233 g/mol. The minimum Gasteiger partial charge on any atom is -0.395 e. The van der Waals surface area contributed by atoms with Crippen LogP contribution in [-0.4, -0.2) is 36.6 Å². The standard InChI is InChI=1S/C12H19N5/c1-9(5-7-17(2)3)16-12-11(14)10(8-13)4-6-15-12/h4,6,9H,5,7,14H2,1-3H3,(H,15,16). The number of hydrogen-bond acceptors (Lipinski definition) is 5. The zero-order chi connectivity index (χ0) is 12.8. The third-order valence-electron chi connectivity index (χ3n) is 2.50. The molecule has 92 valence electrons. The number of pyridine rings is 1. The van der Waals surface area contributed by atoms with Crippen molar-refractivity contribution in [1.29, 1.82) is 5.26 Å². The van der Waals surface area contributed by atoms with Crippen molar-refractivity contribution in [3.05, 3.63) is 17.8 Å². The molecule has 1 heterocycles. The maximum atomic E-state index is 8.86. The van der Waals surface area contributed by atoms with Gasteiger partial charge in [0.1, 0.15) is 6.07 Å². The Bertz CT molecular complexity index is 408. The Morgan fingerprint density at radius 1 is 1.59 bits per heavy atom. The van der Waals surface area contributed by atoms with E-state index in [1.165, 1.54) is 0 Å². The van der Waals surface area contributed by atoms with E-state index in [4.69, 9.17) is 11.0 Å². The molecule has 0 aromatic carbocycles. The number of aromatic nitrogens is 1. The van der Waals surface area contributed by atoms with Crippen LogP contribution in [0.2, 0.25) is 0 Å². The summed E-state index contributed by atoms with van der Waals surface area (Å²) >= 11 is 0. The van der Waals surface area contributed by atoms with Gasteiger partial charge in [-0.25, -0.2) is 4.98 Å². The Kier molecular flexibility index (Phi) is 4.73. The van der Waals surface area contributed by atoms with E-state index < -0.39 is 0 Å². The maximum absolute atomic E-state index is 8.86. The SMILES string of the molecule is CC(CCN(C)C)Nc1nccc(C#N)c1N. The number of anilines is 2. The lowest BCUT2D eigenvalue weighted by molar-refractivity contribution is 0.390. The monoisotopic (exact) mass is 233 g/mol. The molecule has 5 nitrogen and oxygen atoms in total. The summed E-state index contributed by atoms with van der Waals surface area (Å²) in [5.74, 6) is 0.593. The minimum atomic E-state index is 0.265. The molecular formula is C12H19N5. The number of nitrogens with one attached hydrogen (secondary N) is 1. The summed E-state index contributed by atoms with van der Waals surface area (Å²) in [4.78, 5) is 6.28. The first-order valence-electron chi connectivity index (χ1n) is 5.60. The van der Waals surface area contributed by atoms with Gasteiger partial charge in [0.15, 0.2) is 5.82 Å². The highest BCUT2D eigenvalue weighted by Gasteiger charge is 2.09. The molecule has 1 unspecified atom stereocenters. The normalized spacial score (nSPS) is 12.2. The first-order chi connectivity index (χ1) is 8.04. The predicted octanol–water partition coefficient (Wildman–Crippen LogP) is 1.29. The average Bonchev–Trinajstić information content (AvgIpc) is 2.29. The topological polar surface area (TPSA) is 78.0 Å². The number of nitrogen functional groups attached to an aromatic ring is 1. The van der Waals surface area contributed by atoms with Gasteiger partial charge in [-0.1, -0.05) is 0 Å². The van der Waals surface area contributed by atoms with E-state index >= 15 is 0 Å². The van der Waals surface area contributed by atoms with Crippen molar-refractivity contribution in [1.82, 2.24) is 9.88 Å². The summed E-state index contributed by atoms with van der Waals surface area (Å²) in [6.45, 7) is 3.07. The van der Waals surface area contributed by atoms with Crippen LogP contribution in [0.3, 0.4) is 0 Å². The van der Waals surface area contributed by atoms with Crippen molar-refractivity contribution in [3.63, 3.8) is 0 Å². The van der Waals surface area contributed by atoms with Crippen LogP contribution in [-0.2, 0) is 0 Å². The van der Waals surface area contributed by atoms with Crippen LogP contribution in [0.4, 0.5) is 11.5 Å². The predicted molar refractivity (Wildman–Crippen MR) is 69.6 cm³/mol. The fourth-order valence-electron chi connectivity index (χ4n) is 1.44. The maximum Gasteiger partial charge on any atom is 0.150 e. The Balaban J connectivity index is 2.66. The van der Waals surface area contributed by atoms with Gasteiger partial charge in [0.2, 0.25) is 0 Å². The van der Waals surface area contributed by atoms with Gasteiger partial charge in [0.05, 0.1) is 11.3 Å². The van der Waals surface area contributed by atoms with Crippen LogP contribution >= 0.6 is 0 Å². The quantitative estimate of drug-likeness (QED) is 0.801. The molecule has 5 heteroatoms. The fourth-order valence-corrected chi connectivity index (χ4v) is 1.44. The van der Waals surface area contributed by atoms with E-state index in [9.17, 15) is 0 Å². The molecule has 0 radical (unpaired) electrons. The van der Waals surface area contributed by atoms with E-state index in [2.05, 4.69) is 22.1 Å². The lowest BCUT2D eigenvalue weighted by atomic mass is 10.2. The molecule has 0 aliphatic heterocycles. The van der Waals surface area contributed by atoms with Gasteiger partial charge in [-0.2, -0.15) is 5.26 Å². The first kappa shape index (κ1) is 13.3. The molecule has 3 N–H and O–H groups in total. The van der Waals surface area contributed by atoms with Crippen LogP contribution in [0.15, 0.2) is 12.3 Å². The van der Waals surface area contributed by atoms with E-state index in [-0.39, 0.29) is 6.04 Å². The third kappa shape index (κ3) is 3.93. The van der Waals surface area contributed by atoms with Gasteiger partial charge in [0.25, 0.3) is 0 Å². The second-order valence-electron chi connectivity index (χ2n) is 4.37. The van der Waals surface area contributed by atoms with Gasteiger partial charge in [-0.05, 0) is 40.1 Å². The molecule has 0 fully saturated rings. The Morgan fingerprint density at radius 3 is 2.88 bits per heavy atom. The summed E-state index contributed by atoms with van der Waals surface area (Å²) in [5, 5.41) is 12.1. The molecule has 17 heavy (non-hydrogen) atoms. The van der Waals surface area contributed by atoms with E-state index in [1.807, 2.05) is 20.2 Å². The van der Waals surface area contributed by atoms with Crippen molar-refractivity contribution in [2.75, 3.05) is 31.7 Å². The van der Waals surface area contributed by atoms with Crippen LogP contribution in [0, 0.1) is 11.3 Å². The number of nitrogens with zero attached hydrogens (tertiary/aromatic N) is 3. The summed E-state index contributed by atoms with van der Waals surface area (Å²) in [7, 11) is 4.07. The van der Waals surface area contributed by atoms with Crippen molar-refractivity contribution in [2.24, 2.45) is 0 Å². The molecule has 1 rings (SSSR count). The largest absolute Gasteiger partial charge is 0.395 e. The van der Waals surface area contributed by atoms with Crippen LogP contribution in [0.25, 0.3) is 0 Å². The number of rotatable bonds is 5. The second-order valence-corrected chi connectivity index (χ2v) is 4.37. The van der Waals surface area contributed by atoms with Crippen molar-refractivity contribution in [3.8, 4) is 6.07 Å². The highest BCUT2D eigenvalue weighted by atomic mass is 15.1. The zero-order valence-electron chi connectivity index (χ0n) is 10.6. The molecule has 0 spiro atoms. The van der Waals surface area contributed by atoms with Crippen LogP contribution in [0.1, 0.15) is 18.9 Å². The van der Waals surface area contributed by atoms with Crippen molar-refractivity contribution < 1.29 is 0 Å². The van der Waals surface area contributed by atoms with Crippen molar-refractivity contribution in [2.45, 2.75) is 19.4 Å². The Hall–Kier alpha value is -1.80. The summed E-state index contributed by atoms with van der Waals surface area (Å²) in [6, 6.07) is 3.93. The van der Waals surface area contributed by atoms with Gasteiger partial charge in [-0.15, -0.1) is 0 Å². The second kappa shape index (κ2) is 6.06. The van der Waals surface area contributed by atoms with Gasteiger partial charge >= 0.3 is 0 Å². The Morgan fingerprint density at radius 2 is 2.29 bits per heavy atom. The lowest BCUT2D eigenvalue weighted by Crippen LogP contribution is -2.23. The van der Waals surface area contributed by atoms with E-state index in [0.29, 0.717) is 17.1 Å². The first-order valence-corrected chi connectivity index (χ1v) is 5.60. The molecule has 0 bridgehead atoms. The third-order valence-corrected chi connectivity index (χ3v) is 2.50. The molecule has 0 aliphatic rings. The smallest absolute Gasteiger partial charge is 0.150 e. The molecule has 1 atom stereocenters. The molecule has 0 amide bonds. The zero-order valence-corrected chi connectivity index (χ0v) is 10.6. The molecule has 1 aromatic rings. The lowest BCUT2D eigenvalue weighted by Gasteiger charge is -2.18. The van der Waals surface area contributed by atoms with Crippen molar-refractivity contribution >= 4 is 11.5 Å². The highest BCUT2D eigenvalue weighted by Crippen LogP contribution is 2.20. The van der Waals surface area contributed by atoms with Crippen LogP contribution < -0.4 is 11.1 Å². The highest BCUT2D eigenvalue weighted by molar-refractivity contribution is 5.69. The summed E-state index contributed by atoms with van der Waals surface area (Å²) in [6.07, 6.45) is 2.58. The minimum absolute atomic E-state index is 0.265. The molecule has 0 saturated carbocycles. The number of hydrogen-bond donors (Lipinski definition) is 2. The fraction of sp³-hybridized carbons (Fsp3) is 0.500. The van der Waals surface area contributed by atoms with E-state index in [0.717, 1.165) is 13.0 Å². The van der Waals surface area contributed by atoms with E-state index in [1.54, 1.807) is 12.3 Å². The molecule has 0 saturated heterocycles. The van der Waals surface area contributed by atoms with Gasteiger partial charge < -0.3 is 16.0 Å². The van der Waals surface area contributed by atoms with Gasteiger partial charge in [-0.3, -0.25) is 0 Å². The van der Waals surface area contributed by atoms with Gasteiger partial charge in [0, 0.05) is 12.2 Å². The molecule has 0 aliphatic carbocycles. The van der Waals surface area contributed by atoms with Crippen LogP contribution in [0.5, 0.6) is 0 Å².